The Hall–Kier alpha value is -2.42. The summed E-state index contributed by atoms with van der Waals surface area (Å²) in [5, 5.41) is 4.61. The highest BCUT2D eigenvalue weighted by atomic mass is 35.5. The second-order valence-electron chi connectivity index (χ2n) is 5.53. The molecule has 1 amide bonds. The van der Waals surface area contributed by atoms with Gasteiger partial charge >= 0.3 is 0 Å². The van der Waals surface area contributed by atoms with Crippen LogP contribution in [0.3, 0.4) is 0 Å². The van der Waals surface area contributed by atoms with Gasteiger partial charge in [0.05, 0.1) is 10.6 Å². The Balaban J connectivity index is 1.89. The van der Waals surface area contributed by atoms with E-state index in [4.69, 9.17) is 11.6 Å². The highest BCUT2D eigenvalue weighted by molar-refractivity contribution is 7.92. The van der Waals surface area contributed by atoms with Gasteiger partial charge in [0.25, 0.3) is 15.9 Å². The lowest BCUT2D eigenvalue weighted by Crippen LogP contribution is -2.28. The number of hydrogen-bond donors (Lipinski definition) is 1. The van der Waals surface area contributed by atoms with Crippen LogP contribution in [0.2, 0.25) is 5.02 Å². The molecule has 3 aromatic rings. The molecule has 1 aromatic heterocycles. The highest BCUT2D eigenvalue weighted by Gasteiger charge is 2.26. The molecule has 0 aliphatic carbocycles. The summed E-state index contributed by atoms with van der Waals surface area (Å²) in [6.45, 7) is 0. The summed E-state index contributed by atoms with van der Waals surface area (Å²) in [6.07, 6.45) is 0. The number of thiophene rings is 1. The molecule has 0 atom stereocenters. The number of amides is 1. The van der Waals surface area contributed by atoms with Crippen LogP contribution in [-0.2, 0) is 10.0 Å². The van der Waals surface area contributed by atoms with Crippen molar-refractivity contribution in [3.63, 3.8) is 0 Å². The van der Waals surface area contributed by atoms with E-state index in [1.54, 1.807) is 17.5 Å². The number of hydrogen-bond acceptors (Lipinski definition) is 4. The zero-order valence-corrected chi connectivity index (χ0v) is 16.4. The number of halogens is 2. The Labute approximate surface area is 165 Å². The molecule has 9 heteroatoms. The molecule has 0 aliphatic heterocycles. The predicted molar refractivity (Wildman–Crippen MR) is 106 cm³/mol. The zero-order chi connectivity index (χ0) is 19.6. The molecule has 27 heavy (non-hydrogen) atoms. The van der Waals surface area contributed by atoms with Crippen molar-refractivity contribution >= 4 is 50.2 Å². The quantitative estimate of drug-likeness (QED) is 0.650. The van der Waals surface area contributed by atoms with Crippen LogP contribution in [0.15, 0.2) is 64.9 Å². The molecule has 0 unspecified atom stereocenters. The lowest BCUT2D eigenvalue weighted by atomic mass is 10.3. The van der Waals surface area contributed by atoms with E-state index >= 15 is 0 Å². The van der Waals surface area contributed by atoms with Gasteiger partial charge in [0.2, 0.25) is 0 Å². The molecule has 0 aliphatic rings. The van der Waals surface area contributed by atoms with Crippen LogP contribution < -0.4 is 9.62 Å². The van der Waals surface area contributed by atoms with E-state index in [-0.39, 0.29) is 21.1 Å². The largest absolute Gasteiger partial charge is 0.321 e. The fourth-order valence-electron chi connectivity index (χ4n) is 2.37. The van der Waals surface area contributed by atoms with Crippen LogP contribution in [0.1, 0.15) is 9.67 Å². The van der Waals surface area contributed by atoms with Crippen LogP contribution in [0.25, 0.3) is 0 Å². The van der Waals surface area contributed by atoms with E-state index in [1.165, 1.54) is 49.5 Å². The topological polar surface area (TPSA) is 66.5 Å². The molecule has 0 radical (unpaired) electrons. The van der Waals surface area contributed by atoms with Gasteiger partial charge in [0.15, 0.2) is 0 Å². The van der Waals surface area contributed by atoms with Crippen LogP contribution in [0.4, 0.5) is 15.8 Å². The van der Waals surface area contributed by atoms with Crippen molar-refractivity contribution in [2.75, 3.05) is 16.7 Å². The molecule has 0 bridgehead atoms. The van der Waals surface area contributed by atoms with E-state index in [9.17, 15) is 17.6 Å². The van der Waals surface area contributed by atoms with Gasteiger partial charge in [0.1, 0.15) is 10.7 Å². The standard InChI is InChI=1S/C18H14ClFN2O3S2/c1-22(27(24,25)15-7-5-12(19)6-8-15)16-9-10-26-17(16)18(23)21-14-4-2-3-13(20)11-14/h2-11H,1H3,(H,21,23). The molecular formula is C18H14ClFN2O3S2. The average Bonchev–Trinajstić information content (AvgIpc) is 3.11. The van der Waals surface area contributed by atoms with Crippen LogP contribution in [0, 0.1) is 5.82 Å². The molecule has 140 valence electrons. The maximum absolute atomic E-state index is 13.3. The highest BCUT2D eigenvalue weighted by Crippen LogP contribution is 2.31. The van der Waals surface area contributed by atoms with Gasteiger partial charge in [-0.05, 0) is 53.9 Å². The van der Waals surface area contributed by atoms with Crippen molar-refractivity contribution in [2.45, 2.75) is 4.90 Å². The average molecular weight is 425 g/mol. The monoisotopic (exact) mass is 424 g/mol. The molecule has 1 heterocycles. The smallest absolute Gasteiger partial charge is 0.267 e. The van der Waals surface area contributed by atoms with Crippen molar-refractivity contribution in [3.05, 3.63) is 75.7 Å². The van der Waals surface area contributed by atoms with Gasteiger partial charge in [-0.15, -0.1) is 11.3 Å². The normalized spacial score (nSPS) is 11.2. The van der Waals surface area contributed by atoms with Crippen molar-refractivity contribution in [3.8, 4) is 0 Å². The maximum Gasteiger partial charge on any atom is 0.267 e. The predicted octanol–water partition coefficient (Wildman–Crippen LogP) is 4.62. The van der Waals surface area contributed by atoms with Crippen molar-refractivity contribution in [2.24, 2.45) is 0 Å². The fourth-order valence-corrected chi connectivity index (χ4v) is 4.58. The van der Waals surface area contributed by atoms with E-state index in [0.29, 0.717) is 5.02 Å². The van der Waals surface area contributed by atoms with Crippen LogP contribution in [0.5, 0.6) is 0 Å². The Morgan fingerprint density at radius 1 is 1.15 bits per heavy atom. The first kappa shape index (κ1) is 19.3. The number of sulfonamides is 1. The van der Waals surface area contributed by atoms with Crippen molar-refractivity contribution in [1.82, 2.24) is 0 Å². The number of nitrogens with one attached hydrogen (secondary N) is 1. The summed E-state index contributed by atoms with van der Waals surface area (Å²) >= 11 is 6.90. The Morgan fingerprint density at radius 2 is 1.85 bits per heavy atom. The van der Waals surface area contributed by atoms with Crippen molar-refractivity contribution < 1.29 is 17.6 Å². The third kappa shape index (κ3) is 4.13. The molecule has 2 aromatic carbocycles. The van der Waals surface area contributed by atoms with E-state index in [1.807, 2.05) is 0 Å². The molecule has 0 saturated heterocycles. The summed E-state index contributed by atoms with van der Waals surface area (Å²) in [4.78, 5) is 12.8. The zero-order valence-electron chi connectivity index (χ0n) is 14.0. The number of rotatable bonds is 5. The second-order valence-corrected chi connectivity index (χ2v) is 8.85. The van der Waals surface area contributed by atoms with E-state index in [2.05, 4.69) is 5.32 Å². The van der Waals surface area contributed by atoms with Gasteiger partial charge in [-0.2, -0.15) is 0 Å². The first-order valence-corrected chi connectivity index (χ1v) is 10.4. The SMILES string of the molecule is CN(c1ccsc1C(=O)Nc1cccc(F)c1)S(=O)(=O)c1ccc(Cl)cc1. The number of carbonyl (C=O) groups excluding carboxylic acids is 1. The van der Waals surface area contributed by atoms with Gasteiger partial charge in [-0.3, -0.25) is 9.10 Å². The minimum Gasteiger partial charge on any atom is -0.321 e. The minimum absolute atomic E-state index is 0.0529. The molecular weight excluding hydrogens is 411 g/mol. The van der Waals surface area contributed by atoms with Gasteiger partial charge in [-0.25, -0.2) is 12.8 Å². The van der Waals surface area contributed by atoms with Crippen LogP contribution >= 0.6 is 22.9 Å². The molecule has 5 nitrogen and oxygen atoms in total. The molecule has 1 N–H and O–H groups in total. The molecule has 0 spiro atoms. The molecule has 3 rings (SSSR count). The third-order valence-corrected chi connectivity index (χ3v) is 6.68. The summed E-state index contributed by atoms with van der Waals surface area (Å²) in [5.74, 6) is -1.01. The summed E-state index contributed by atoms with van der Waals surface area (Å²) < 4.78 is 40.0. The minimum atomic E-state index is -3.87. The number of anilines is 2. The number of carbonyl (C=O) groups is 1. The van der Waals surface area contributed by atoms with Crippen LogP contribution in [-0.4, -0.2) is 21.4 Å². The Morgan fingerprint density at radius 3 is 2.52 bits per heavy atom. The van der Waals surface area contributed by atoms with Gasteiger partial charge < -0.3 is 5.32 Å². The number of benzene rings is 2. The van der Waals surface area contributed by atoms with E-state index in [0.717, 1.165) is 15.6 Å². The molecule has 0 saturated carbocycles. The summed E-state index contributed by atoms with van der Waals surface area (Å²) in [7, 11) is -2.51. The van der Waals surface area contributed by atoms with Crippen molar-refractivity contribution in [1.29, 1.82) is 0 Å². The fraction of sp³-hybridized carbons (Fsp3) is 0.0556. The van der Waals surface area contributed by atoms with E-state index < -0.39 is 21.7 Å². The summed E-state index contributed by atoms with van der Waals surface area (Å²) in [5.41, 5.74) is 0.506. The third-order valence-electron chi connectivity index (χ3n) is 3.74. The molecule has 0 fully saturated rings. The van der Waals surface area contributed by atoms with Gasteiger partial charge in [0, 0.05) is 17.8 Å². The number of nitrogens with zero attached hydrogens (tertiary/aromatic N) is 1. The lowest BCUT2D eigenvalue weighted by molar-refractivity contribution is 0.103. The Bertz CT molecular complexity index is 1080. The first-order chi connectivity index (χ1) is 12.8. The summed E-state index contributed by atoms with van der Waals surface area (Å²) in [6, 6.07) is 12.7. The van der Waals surface area contributed by atoms with Gasteiger partial charge in [-0.1, -0.05) is 17.7 Å². The second kappa shape index (κ2) is 7.67. The lowest BCUT2D eigenvalue weighted by Gasteiger charge is -2.19. The Kier molecular flexibility index (Phi) is 5.50. The maximum atomic E-state index is 13.3. The first-order valence-electron chi connectivity index (χ1n) is 7.68.